The van der Waals surface area contributed by atoms with Crippen LogP contribution in [0.4, 0.5) is 5.69 Å². The van der Waals surface area contributed by atoms with E-state index < -0.39 is 0 Å². The number of nitrogen functional groups attached to an aromatic ring is 1. The molecule has 0 atom stereocenters. The van der Waals surface area contributed by atoms with Gasteiger partial charge in [-0.2, -0.15) is 0 Å². The summed E-state index contributed by atoms with van der Waals surface area (Å²) in [5.41, 5.74) is 8.13. The van der Waals surface area contributed by atoms with Crippen molar-refractivity contribution >= 4 is 43.5 Å². The Morgan fingerprint density at radius 1 is 1.14 bits per heavy atom. The monoisotopic (exact) mass is 410 g/mol. The Kier molecular flexibility index (Phi) is 5.42. The minimum atomic E-state index is 0.00231. The lowest BCUT2D eigenvalue weighted by Gasteiger charge is -2.22. The molecule has 0 radical (unpaired) electrons. The van der Waals surface area contributed by atoms with Crippen molar-refractivity contribution in [1.29, 1.82) is 0 Å². The van der Waals surface area contributed by atoms with Gasteiger partial charge in [0.2, 0.25) is 0 Å². The molecule has 0 saturated carbocycles. The van der Waals surface area contributed by atoms with Crippen molar-refractivity contribution in [3.05, 3.63) is 62.5 Å². The molecule has 2 rings (SSSR count). The minimum Gasteiger partial charge on any atom is -0.399 e. The Hall–Kier alpha value is -1.33. The second-order valence-corrected chi connectivity index (χ2v) is 6.46. The van der Waals surface area contributed by atoms with Crippen LogP contribution >= 0.6 is 31.9 Å². The van der Waals surface area contributed by atoms with Crippen LogP contribution in [0, 0.1) is 0 Å². The van der Waals surface area contributed by atoms with Gasteiger partial charge in [-0.3, -0.25) is 4.79 Å². The van der Waals surface area contributed by atoms with Crippen molar-refractivity contribution in [3.8, 4) is 0 Å². The van der Waals surface area contributed by atoms with Gasteiger partial charge in [0.15, 0.2) is 0 Å². The van der Waals surface area contributed by atoms with Gasteiger partial charge in [-0.25, -0.2) is 0 Å². The Morgan fingerprint density at radius 3 is 2.43 bits per heavy atom. The standard InChI is InChI=1S/C16H16Br2N2O/c1-2-20(10-11-3-6-13(19)7-4-11)16(21)14-9-12(17)5-8-15(14)18/h3-9H,2,10,19H2,1H3. The summed E-state index contributed by atoms with van der Waals surface area (Å²) in [7, 11) is 0. The average molecular weight is 412 g/mol. The lowest BCUT2D eigenvalue weighted by Crippen LogP contribution is -2.30. The van der Waals surface area contributed by atoms with E-state index in [0.29, 0.717) is 18.7 Å². The number of hydrogen-bond donors (Lipinski definition) is 1. The van der Waals surface area contributed by atoms with Crippen LogP contribution in [0.25, 0.3) is 0 Å². The van der Waals surface area contributed by atoms with E-state index in [2.05, 4.69) is 31.9 Å². The van der Waals surface area contributed by atoms with E-state index in [1.54, 1.807) is 4.90 Å². The van der Waals surface area contributed by atoms with Crippen LogP contribution in [-0.2, 0) is 6.54 Å². The van der Waals surface area contributed by atoms with Gasteiger partial charge < -0.3 is 10.6 Å². The van der Waals surface area contributed by atoms with Crippen molar-refractivity contribution in [3.63, 3.8) is 0 Å². The summed E-state index contributed by atoms with van der Waals surface area (Å²) in [6.07, 6.45) is 0. The van der Waals surface area contributed by atoms with Gasteiger partial charge in [0.05, 0.1) is 5.56 Å². The van der Waals surface area contributed by atoms with E-state index in [4.69, 9.17) is 5.73 Å². The third-order valence-electron chi connectivity index (χ3n) is 3.18. The van der Waals surface area contributed by atoms with Gasteiger partial charge >= 0.3 is 0 Å². The third-order valence-corrected chi connectivity index (χ3v) is 4.37. The number of hydrogen-bond acceptors (Lipinski definition) is 2. The molecule has 2 aromatic carbocycles. The molecule has 5 heteroatoms. The molecule has 2 N–H and O–H groups in total. The van der Waals surface area contributed by atoms with E-state index in [-0.39, 0.29) is 5.91 Å². The number of amides is 1. The van der Waals surface area contributed by atoms with Crippen LogP contribution in [0.1, 0.15) is 22.8 Å². The zero-order valence-corrected chi connectivity index (χ0v) is 14.8. The van der Waals surface area contributed by atoms with Crippen LogP contribution in [0.15, 0.2) is 51.4 Å². The molecule has 0 saturated heterocycles. The normalized spacial score (nSPS) is 10.4. The summed E-state index contributed by atoms with van der Waals surface area (Å²) in [6, 6.07) is 13.2. The predicted octanol–water partition coefficient (Wildman–Crippen LogP) is 4.46. The summed E-state index contributed by atoms with van der Waals surface area (Å²) in [4.78, 5) is 14.5. The first-order valence-corrected chi connectivity index (χ1v) is 8.18. The smallest absolute Gasteiger partial charge is 0.255 e. The van der Waals surface area contributed by atoms with E-state index in [0.717, 1.165) is 20.2 Å². The maximum absolute atomic E-state index is 12.7. The van der Waals surface area contributed by atoms with Crippen molar-refractivity contribution in [2.24, 2.45) is 0 Å². The first-order valence-electron chi connectivity index (χ1n) is 6.60. The summed E-state index contributed by atoms with van der Waals surface area (Å²) >= 11 is 6.84. The predicted molar refractivity (Wildman–Crippen MR) is 93.1 cm³/mol. The van der Waals surface area contributed by atoms with Gasteiger partial charge in [-0.05, 0) is 58.7 Å². The molecule has 0 fully saturated rings. The second kappa shape index (κ2) is 7.09. The fourth-order valence-corrected chi connectivity index (χ4v) is 2.78. The van der Waals surface area contributed by atoms with Gasteiger partial charge in [0, 0.05) is 27.7 Å². The molecule has 0 spiro atoms. The van der Waals surface area contributed by atoms with Crippen LogP contribution in [0.5, 0.6) is 0 Å². The first kappa shape index (κ1) is 16.0. The third kappa shape index (κ3) is 4.08. The van der Waals surface area contributed by atoms with E-state index in [1.807, 2.05) is 49.4 Å². The topological polar surface area (TPSA) is 46.3 Å². The average Bonchev–Trinajstić information content (AvgIpc) is 2.48. The molecule has 0 bridgehead atoms. The zero-order chi connectivity index (χ0) is 15.4. The highest BCUT2D eigenvalue weighted by molar-refractivity contribution is 9.11. The summed E-state index contributed by atoms with van der Waals surface area (Å²) in [5.74, 6) is 0.00231. The van der Waals surface area contributed by atoms with Crippen molar-refractivity contribution in [2.75, 3.05) is 12.3 Å². The van der Waals surface area contributed by atoms with E-state index in [9.17, 15) is 4.79 Å². The number of carbonyl (C=O) groups is 1. The molecule has 1 amide bonds. The molecule has 0 aliphatic heterocycles. The minimum absolute atomic E-state index is 0.00231. The number of nitrogens with zero attached hydrogens (tertiary/aromatic N) is 1. The highest BCUT2D eigenvalue weighted by Crippen LogP contribution is 2.23. The number of nitrogens with two attached hydrogens (primary N) is 1. The van der Waals surface area contributed by atoms with Gasteiger partial charge in [-0.15, -0.1) is 0 Å². The lowest BCUT2D eigenvalue weighted by molar-refractivity contribution is 0.0751. The molecule has 0 unspecified atom stereocenters. The van der Waals surface area contributed by atoms with Crippen LogP contribution in [-0.4, -0.2) is 17.4 Å². The molecular formula is C16H16Br2N2O. The lowest BCUT2D eigenvalue weighted by atomic mass is 10.1. The number of carbonyl (C=O) groups excluding carboxylic acids is 1. The second-order valence-electron chi connectivity index (χ2n) is 4.69. The fraction of sp³-hybridized carbons (Fsp3) is 0.188. The highest BCUT2D eigenvalue weighted by Gasteiger charge is 2.17. The number of halogens is 2. The number of benzene rings is 2. The van der Waals surface area contributed by atoms with Gasteiger partial charge in [0.25, 0.3) is 5.91 Å². The molecule has 2 aromatic rings. The summed E-state index contributed by atoms with van der Waals surface area (Å²) in [5, 5.41) is 0. The maximum Gasteiger partial charge on any atom is 0.255 e. The molecule has 21 heavy (non-hydrogen) atoms. The quantitative estimate of drug-likeness (QED) is 0.755. The Bertz CT molecular complexity index is 641. The first-order chi connectivity index (χ1) is 10.0. The Balaban J connectivity index is 2.22. The molecule has 0 aromatic heterocycles. The summed E-state index contributed by atoms with van der Waals surface area (Å²) in [6.45, 7) is 3.18. The summed E-state index contributed by atoms with van der Waals surface area (Å²) < 4.78 is 1.68. The van der Waals surface area contributed by atoms with Crippen molar-refractivity contribution in [1.82, 2.24) is 4.90 Å². The largest absolute Gasteiger partial charge is 0.399 e. The van der Waals surface area contributed by atoms with E-state index >= 15 is 0 Å². The van der Waals surface area contributed by atoms with Crippen LogP contribution in [0.3, 0.4) is 0 Å². The number of anilines is 1. The SMILES string of the molecule is CCN(Cc1ccc(N)cc1)C(=O)c1cc(Br)ccc1Br. The fourth-order valence-electron chi connectivity index (χ4n) is 2.00. The Labute approximate surface area is 141 Å². The van der Waals surface area contributed by atoms with Crippen molar-refractivity contribution < 1.29 is 4.79 Å². The van der Waals surface area contributed by atoms with Gasteiger partial charge in [0.1, 0.15) is 0 Å². The number of rotatable bonds is 4. The molecule has 0 heterocycles. The van der Waals surface area contributed by atoms with E-state index in [1.165, 1.54) is 0 Å². The molecule has 0 aliphatic carbocycles. The molecule has 0 aliphatic rings. The van der Waals surface area contributed by atoms with Crippen molar-refractivity contribution in [2.45, 2.75) is 13.5 Å². The maximum atomic E-state index is 12.7. The highest BCUT2D eigenvalue weighted by atomic mass is 79.9. The molecular weight excluding hydrogens is 396 g/mol. The molecule has 3 nitrogen and oxygen atoms in total. The van der Waals surface area contributed by atoms with Crippen LogP contribution in [0.2, 0.25) is 0 Å². The Morgan fingerprint density at radius 2 is 1.81 bits per heavy atom. The molecule has 110 valence electrons. The van der Waals surface area contributed by atoms with Crippen LogP contribution < -0.4 is 5.73 Å². The zero-order valence-electron chi connectivity index (χ0n) is 11.6. The van der Waals surface area contributed by atoms with Gasteiger partial charge in [-0.1, -0.05) is 28.1 Å².